The maximum Gasteiger partial charge on any atom is 0.306 e. The summed E-state index contributed by atoms with van der Waals surface area (Å²) in [5.74, 6) is -0.180. The van der Waals surface area contributed by atoms with Crippen molar-refractivity contribution in [1.29, 1.82) is 0 Å². The minimum atomic E-state index is -0.180. The quantitative estimate of drug-likeness (QED) is 0.774. The van der Waals surface area contributed by atoms with Crippen LogP contribution in [0, 0.1) is 5.41 Å². The molecule has 0 heterocycles. The predicted molar refractivity (Wildman–Crippen MR) is 82.4 cm³/mol. The molecular weight excluding hydrogens is 250 g/mol. The Labute approximate surface area is 122 Å². The maximum absolute atomic E-state index is 11.4. The molecule has 1 aromatic carbocycles. The smallest absolute Gasteiger partial charge is 0.306 e. The van der Waals surface area contributed by atoms with E-state index in [2.05, 4.69) is 45.0 Å². The highest BCUT2D eigenvalue weighted by Crippen LogP contribution is 2.32. The molecule has 1 aromatic rings. The minimum absolute atomic E-state index is 0.0506. The van der Waals surface area contributed by atoms with Gasteiger partial charge in [0.05, 0.1) is 13.5 Å². The fourth-order valence-electron chi connectivity index (χ4n) is 2.47. The zero-order valence-electron chi connectivity index (χ0n) is 13.1. The van der Waals surface area contributed by atoms with E-state index in [0.717, 1.165) is 24.8 Å². The Morgan fingerprint density at radius 2 is 1.90 bits per heavy atom. The van der Waals surface area contributed by atoms with Gasteiger partial charge in [-0.1, -0.05) is 51.5 Å². The Kier molecular flexibility index (Phi) is 6.21. The first-order valence-electron chi connectivity index (χ1n) is 7.29. The van der Waals surface area contributed by atoms with Gasteiger partial charge in [0.25, 0.3) is 0 Å². The number of hydrogen-bond acceptors (Lipinski definition) is 3. The topological polar surface area (TPSA) is 52.3 Å². The standard InChI is InChI=1S/C17H27NO2/c1-5-6-13-7-9-14(10-8-13)15(18)11-17(2,3)12-16(19)20-4/h7-10,15H,5-6,11-12,18H2,1-4H3. The van der Waals surface area contributed by atoms with Crippen molar-refractivity contribution in [2.24, 2.45) is 11.1 Å². The van der Waals surface area contributed by atoms with E-state index in [1.54, 1.807) is 0 Å². The van der Waals surface area contributed by atoms with Crippen LogP contribution in [0.2, 0.25) is 0 Å². The molecule has 0 aliphatic rings. The van der Waals surface area contributed by atoms with Crippen molar-refractivity contribution < 1.29 is 9.53 Å². The molecule has 3 heteroatoms. The summed E-state index contributed by atoms with van der Waals surface area (Å²) in [7, 11) is 1.42. The maximum atomic E-state index is 11.4. The van der Waals surface area contributed by atoms with Gasteiger partial charge in [-0.05, 0) is 29.4 Å². The largest absolute Gasteiger partial charge is 0.469 e. The monoisotopic (exact) mass is 277 g/mol. The number of methoxy groups -OCH3 is 1. The van der Waals surface area contributed by atoms with Crippen LogP contribution in [-0.2, 0) is 16.0 Å². The van der Waals surface area contributed by atoms with Crippen molar-refractivity contribution in [2.45, 2.75) is 52.5 Å². The Bertz CT molecular complexity index is 423. The number of rotatable bonds is 7. The molecule has 1 atom stereocenters. The molecule has 2 N–H and O–H groups in total. The first kappa shape index (κ1) is 16.7. The van der Waals surface area contributed by atoms with Crippen molar-refractivity contribution in [3.8, 4) is 0 Å². The normalized spacial score (nSPS) is 13.1. The van der Waals surface area contributed by atoms with E-state index < -0.39 is 0 Å². The van der Waals surface area contributed by atoms with Gasteiger partial charge < -0.3 is 10.5 Å². The molecule has 0 amide bonds. The van der Waals surface area contributed by atoms with Gasteiger partial charge in [-0.25, -0.2) is 0 Å². The van der Waals surface area contributed by atoms with Crippen LogP contribution in [0.4, 0.5) is 0 Å². The van der Waals surface area contributed by atoms with Crippen LogP contribution in [0.15, 0.2) is 24.3 Å². The van der Waals surface area contributed by atoms with E-state index in [4.69, 9.17) is 10.5 Å². The van der Waals surface area contributed by atoms with Gasteiger partial charge in [0.1, 0.15) is 0 Å². The second kappa shape index (κ2) is 7.44. The van der Waals surface area contributed by atoms with Crippen molar-refractivity contribution >= 4 is 5.97 Å². The minimum Gasteiger partial charge on any atom is -0.469 e. The Morgan fingerprint density at radius 3 is 2.40 bits per heavy atom. The molecule has 0 saturated heterocycles. The van der Waals surface area contributed by atoms with Crippen LogP contribution in [0.1, 0.15) is 57.2 Å². The molecule has 20 heavy (non-hydrogen) atoms. The zero-order valence-corrected chi connectivity index (χ0v) is 13.1. The summed E-state index contributed by atoms with van der Waals surface area (Å²) in [5.41, 5.74) is 8.58. The van der Waals surface area contributed by atoms with E-state index in [1.165, 1.54) is 12.7 Å². The Morgan fingerprint density at radius 1 is 1.30 bits per heavy atom. The third-order valence-electron chi connectivity index (χ3n) is 3.57. The van der Waals surface area contributed by atoms with Crippen LogP contribution < -0.4 is 5.73 Å². The van der Waals surface area contributed by atoms with Gasteiger partial charge >= 0.3 is 5.97 Å². The predicted octanol–water partition coefficient (Wildman–Crippen LogP) is 3.62. The number of nitrogens with two attached hydrogens (primary N) is 1. The average Bonchev–Trinajstić information content (AvgIpc) is 2.38. The second-order valence-corrected chi connectivity index (χ2v) is 6.22. The van der Waals surface area contributed by atoms with E-state index in [1.807, 2.05) is 0 Å². The van der Waals surface area contributed by atoms with Gasteiger partial charge in [-0.15, -0.1) is 0 Å². The molecule has 0 radical (unpaired) electrons. The fraction of sp³-hybridized carbons (Fsp3) is 0.588. The molecule has 112 valence electrons. The van der Waals surface area contributed by atoms with E-state index in [9.17, 15) is 4.79 Å². The lowest BCUT2D eigenvalue weighted by Crippen LogP contribution is -2.24. The highest BCUT2D eigenvalue weighted by atomic mass is 16.5. The van der Waals surface area contributed by atoms with Gasteiger partial charge in [0, 0.05) is 6.04 Å². The molecular formula is C17H27NO2. The first-order valence-corrected chi connectivity index (χ1v) is 7.29. The van der Waals surface area contributed by atoms with Gasteiger partial charge in [0.15, 0.2) is 0 Å². The van der Waals surface area contributed by atoms with Crippen LogP contribution in [0.3, 0.4) is 0 Å². The highest BCUT2D eigenvalue weighted by molar-refractivity contribution is 5.69. The summed E-state index contributed by atoms with van der Waals surface area (Å²) in [5, 5.41) is 0. The molecule has 0 spiro atoms. The number of aryl methyl sites for hydroxylation is 1. The van der Waals surface area contributed by atoms with Crippen molar-refractivity contribution in [1.82, 2.24) is 0 Å². The summed E-state index contributed by atoms with van der Waals surface area (Å²) in [6.07, 6.45) is 3.40. The van der Waals surface area contributed by atoms with Gasteiger partial charge in [-0.2, -0.15) is 0 Å². The van der Waals surface area contributed by atoms with Gasteiger partial charge in [-0.3, -0.25) is 4.79 Å². The Hall–Kier alpha value is -1.35. The van der Waals surface area contributed by atoms with Crippen LogP contribution in [-0.4, -0.2) is 13.1 Å². The molecule has 1 rings (SSSR count). The second-order valence-electron chi connectivity index (χ2n) is 6.22. The summed E-state index contributed by atoms with van der Waals surface area (Å²) in [6.45, 7) is 6.28. The first-order chi connectivity index (χ1) is 9.38. The third kappa shape index (κ3) is 5.33. The van der Waals surface area contributed by atoms with E-state index >= 15 is 0 Å². The summed E-state index contributed by atoms with van der Waals surface area (Å²) in [4.78, 5) is 11.4. The number of ether oxygens (including phenoxy) is 1. The lowest BCUT2D eigenvalue weighted by atomic mass is 9.81. The molecule has 0 aromatic heterocycles. The molecule has 0 bridgehead atoms. The van der Waals surface area contributed by atoms with Crippen molar-refractivity contribution in [3.63, 3.8) is 0 Å². The lowest BCUT2D eigenvalue weighted by Gasteiger charge is -2.27. The zero-order chi connectivity index (χ0) is 15.2. The number of carbonyl (C=O) groups excluding carboxylic acids is 1. The van der Waals surface area contributed by atoms with Crippen LogP contribution in [0.25, 0.3) is 0 Å². The fourth-order valence-corrected chi connectivity index (χ4v) is 2.47. The number of hydrogen-bond donors (Lipinski definition) is 1. The molecule has 1 unspecified atom stereocenters. The summed E-state index contributed by atoms with van der Waals surface area (Å²) >= 11 is 0. The van der Waals surface area contributed by atoms with E-state index in [-0.39, 0.29) is 17.4 Å². The average molecular weight is 277 g/mol. The lowest BCUT2D eigenvalue weighted by molar-refractivity contribution is -0.143. The summed E-state index contributed by atoms with van der Waals surface area (Å²) < 4.78 is 4.74. The SMILES string of the molecule is CCCc1ccc(C(N)CC(C)(C)CC(=O)OC)cc1. The van der Waals surface area contributed by atoms with Crippen LogP contribution >= 0.6 is 0 Å². The molecule has 0 saturated carbocycles. The van der Waals surface area contributed by atoms with Crippen molar-refractivity contribution in [2.75, 3.05) is 7.11 Å². The van der Waals surface area contributed by atoms with Crippen molar-refractivity contribution in [3.05, 3.63) is 35.4 Å². The summed E-state index contributed by atoms with van der Waals surface area (Å²) in [6, 6.07) is 8.44. The molecule has 0 aliphatic heterocycles. The van der Waals surface area contributed by atoms with Gasteiger partial charge in [0.2, 0.25) is 0 Å². The Balaban J connectivity index is 2.65. The number of carbonyl (C=O) groups is 1. The molecule has 0 fully saturated rings. The highest BCUT2D eigenvalue weighted by Gasteiger charge is 2.25. The van der Waals surface area contributed by atoms with Crippen LogP contribution in [0.5, 0.6) is 0 Å². The number of esters is 1. The van der Waals surface area contributed by atoms with E-state index in [0.29, 0.717) is 6.42 Å². The molecule has 3 nitrogen and oxygen atoms in total. The third-order valence-corrected chi connectivity index (χ3v) is 3.57. The number of benzene rings is 1. The molecule has 0 aliphatic carbocycles.